The van der Waals surface area contributed by atoms with Gasteiger partial charge in [-0.15, -0.1) is 0 Å². The summed E-state index contributed by atoms with van der Waals surface area (Å²) in [6, 6.07) is 6.38. The topological polar surface area (TPSA) is 32.3 Å². The smallest absolute Gasteiger partial charge is 0.125 e. The maximum atomic E-state index is 13.0. The summed E-state index contributed by atoms with van der Waals surface area (Å²) in [6.45, 7) is 0.510. The molecule has 94 valence electrons. The second-order valence-corrected chi connectivity index (χ2v) is 5.00. The summed E-state index contributed by atoms with van der Waals surface area (Å²) in [4.78, 5) is 0. The van der Waals surface area contributed by atoms with Gasteiger partial charge in [0.25, 0.3) is 0 Å². The van der Waals surface area contributed by atoms with Crippen LogP contribution in [0.2, 0.25) is 0 Å². The molecule has 3 heteroatoms. The zero-order chi connectivity index (χ0) is 12.1. The third-order valence-electron chi connectivity index (χ3n) is 3.48. The van der Waals surface area contributed by atoms with E-state index in [1.54, 1.807) is 6.07 Å². The molecule has 2 N–H and O–H groups in total. The summed E-state index contributed by atoms with van der Waals surface area (Å²) in [5, 5.41) is 13.6. The van der Waals surface area contributed by atoms with E-state index in [1.165, 1.54) is 25.0 Å². The van der Waals surface area contributed by atoms with E-state index >= 15 is 0 Å². The maximum absolute atomic E-state index is 13.0. The fourth-order valence-electron chi connectivity index (χ4n) is 2.43. The third-order valence-corrected chi connectivity index (χ3v) is 3.48. The molecule has 1 aliphatic carbocycles. The van der Waals surface area contributed by atoms with Crippen LogP contribution in [0.3, 0.4) is 0 Å². The van der Waals surface area contributed by atoms with Crippen LogP contribution in [0.25, 0.3) is 0 Å². The molecule has 1 fully saturated rings. The number of rotatable bonds is 3. The Morgan fingerprint density at radius 3 is 2.53 bits per heavy atom. The van der Waals surface area contributed by atoms with Gasteiger partial charge in [0.15, 0.2) is 0 Å². The second kappa shape index (κ2) is 5.50. The molecule has 0 heterocycles. The van der Waals surface area contributed by atoms with Crippen LogP contribution in [0, 0.1) is 5.82 Å². The Morgan fingerprint density at radius 2 is 1.88 bits per heavy atom. The lowest BCUT2D eigenvalue weighted by molar-refractivity contribution is 0.0381. The average Bonchev–Trinajstić information content (AvgIpc) is 2.53. The number of aliphatic hydroxyl groups is 1. The van der Waals surface area contributed by atoms with Crippen LogP contribution >= 0.6 is 0 Å². The lowest BCUT2D eigenvalue weighted by Crippen LogP contribution is -2.36. The van der Waals surface area contributed by atoms with Crippen LogP contribution in [0.15, 0.2) is 24.3 Å². The standard InChI is InChI=1S/C14H20FNO/c15-12-6-5-7-13(10-12)16-11-14(17)8-3-1-2-4-9-14/h5-7,10,16-17H,1-4,8-9,11H2. The second-order valence-electron chi connectivity index (χ2n) is 5.00. The summed E-state index contributed by atoms with van der Waals surface area (Å²) < 4.78 is 13.0. The Labute approximate surface area is 102 Å². The lowest BCUT2D eigenvalue weighted by atomic mass is 9.94. The van der Waals surface area contributed by atoms with Gasteiger partial charge in [0.05, 0.1) is 5.60 Å². The Hall–Kier alpha value is -1.09. The van der Waals surface area contributed by atoms with Crippen molar-refractivity contribution in [3.8, 4) is 0 Å². The number of hydrogen-bond donors (Lipinski definition) is 2. The van der Waals surface area contributed by atoms with Gasteiger partial charge in [-0.3, -0.25) is 0 Å². The van der Waals surface area contributed by atoms with Crippen molar-refractivity contribution in [1.82, 2.24) is 0 Å². The molecule has 0 atom stereocenters. The fraction of sp³-hybridized carbons (Fsp3) is 0.571. The summed E-state index contributed by atoms with van der Waals surface area (Å²) in [7, 11) is 0. The van der Waals surface area contributed by atoms with E-state index in [0.29, 0.717) is 6.54 Å². The molecule has 0 unspecified atom stereocenters. The minimum Gasteiger partial charge on any atom is -0.388 e. The van der Waals surface area contributed by atoms with E-state index in [4.69, 9.17) is 0 Å². The van der Waals surface area contributed by atoms with Gasteiger partial charge < -0.3 is 10.4 Å². The fourth-order valence-corrected chi connectivity index (χ4v) is 2.43. The van der Waals surface area contributed by atoms with Gasteiger partial charge in [0, 0.05) is 12.2 Å². The molecule has 0 amide bonds. The summed E-state index contributed by atoms with van der Waals surface area (Å²) in [5.41, 5.74) is 0.116. The van der Waals surface area contributed by atoms with Crippen molar-refractivity contribution < 1.29 is 9.50 Å². The first kappa shape index (κ1) is 12.4. The van der Waals surface area contributed by atoms with Gasteiger partial charge in [-0.05, 0) is 31.0 Å². The van der Waals surface area contributed by atoms with E-state index in [1.807, 2.05) is 6.07 Å². The highest BCUT2D eigenvalue weighted by molar-refractivity contribution is 5.43. The molecular weight excluding hydrogens is 217 g/mol. The first-order valence-corrected chi connectivity index (χ1v) is 6.40. The van der Waals surface area contributed by atoms with Gasteiger partial charge in [-0.2, -0.15) is 0 Å². The molecule has 0 aromatic heterocycles. The lowest BCUT2D eigenvalue weighted by Gasteiger charge is -2.27. The van der Waals surface area contributed by atoms with Crippen LogP contribution in [0.4, 0.5) is 10.1 Å². The Balaban J connectivity index is 1.92. The minimum atomic E-state index is -0.622. The zero-order valence-electron chi connectivity index (χ0n) is 10.1. The maximum Gasteiger partial charge on any atom is 0.125 e. The molecular formula is C14H20FNO. The van der Waals surface area contributed by atoms with Crippen molar-refractivity contribution >= 4 is 5.69 Å². The molecule has 0 saturated heterocycles. The number of anilines is 1. The van der Waals surface area contributed by atoms with Crippen molar-refractivity contribution in [2.45, 2.75) is 44.1 Å². The summed E-state index contributed by atoms with van der Waals surface area (Å²) in [6.07, 6.45) is 6.28. The highest BCUT2D eigenvalue weighted by Gasteiger charge is 2.27. The van der Waals surface area contributed by atoms with E-state index < -0.39 is 5.60 Å². The Kier molecular flexibility index (Phi) is 4.00. The molecule has 2 nitrogen and oxygen atoms in total. The van der Waals surface area contributed by atoms with E-state index in [9.17, 15) is 9.50 Å². The van der Waals surface area contributed by atoms with Crippen LogP contribution in [0.1, 0.15) is 38.5 Å². The van der Waals surface area contributed by atoms with Gasteiger partial charge in [0.1, 0.15) is 5.82 Å². The van der Waals surface area contributed by atoms with Gasteiger partial charge in [-0.1, -0.05) is 31.7 Å². The number of halogens is 1. The third kappa shape index (κ3) is 3.70. The van der Waals surface area contributed by atoms with Crippen molar-refractivity contribution in [1.29, 1.82) is 0 Å². The first-order chi connectivity index (χ1) is 8.18. The Bertz CT molecular complexity index is 359. The highest BCUT2D eigenvalue weighted by Crippen LogP contribution is 2.27. The molecule has 1 aromatic rings. The molecule has 0 radical (unpaired) electrons. The monoisotopic (exact) mass is 237 g/mol. The van der Waals surface area contributed by atoms with Gasteiger partial charge >= 0.3 is 0 Å². The van der Waals surface area contributed by atoms with Gasteiger partial charge in [0.2, 0.25) is 0 Å². The zero-order valence-corrected chi connectivity index (χ0v) is 10.1. The largest absolute Gasteiger partial charge is 0.388 e. The number of benzene rings is 1. The number of nitrogens with one attached hydrogen (secondary N) is 1. The van der Waals surface area contributed by atoms with Crippen LogP contribution in [-0.2, 0) is 0 Å². The van der Waals surface area contributed by atoms with Gasteiger partial charge in [-0.25, -0.2) is 4.39 Å². The summed E-state index contributed by atoms with van der Waals surface area (Å²) >= 11 is 0. The normalized spacial score (nSPS) is 19.6. The summed E-state index contributed by atoms with van der Waals surface area (Å²) in [5.74, 6) is -0.247. The predicted octanol–water partition coefficient (Wildman–Crippen LogP) is 3.32. The van der Waals surface area contributed by atoms with Crippen molar-refractivity contribution in [3.63, 3.8) is 0 Å². The van der Waals surface area contributed by atoms with Crippen molar-refractivity contribution in [2.24, 2.45) is 0 Å². The van der Waals surface area contributed by atoms with Crippen molar-refractivity contribution in [2.75, 3.05) is 11.9 Å². The molecule has 1 aliphatic rings. The molecule has 17 heavy (non-hydrogen) atoms. The SMILES string of the molecule is OC1(CNc2cccc(F)c2)CCCCCC1. The Morgan fingerprint density at radius 1 is 1.18 bits per heavy atom. The molecule has 1 aromatic carbocycles. The minimum absolute atomic E-state index is 0.247. The molecule has 1 saturated carbocycles. The van der Waals surface area contributed by atoms with Crippen LogP contribution in [-0.4, -0.2) is 17.3 Å². The van der Waals surface area contributed by atoms with E-state index in [2.05, 4.69) is 5.32 Å². The van der Waals surface area contributed by atoms with Crippen LogP contribution < -0.4 is 5.32 Å². The molecule has 0 aliphatic heterocycles. The van der Waals surface area contributed by atoms with E-state index in [0.717, 1.165) is 31.4 Å². The molecule has 0 bridgehead atoms. The van der Waals surface area contributed by atoms with Crippen molar-refractivity contribution in [3.05, 3.63) is 30.1 Å². The molecule has 0 spiro atoms. The van der Waals surface area contributed by atoms with Crippen LogP contribution in [0.5, 0.6) is 0 Å². The quantitative estimate of drug-likeness (QED) is 0.790. The molecule has 2 rings (SSSR count). The predicted molar refractivity (Wildman–Crippen MR) is 67.5 cm³/mol. The first-order valence-electron chi connectivity index (χ1n) is 6.40. The highest BCUT2D eigenvalue weighted by atomic mass is 19.1. The van der Waals surface area contributed by atoms with E-state index in [-0.39, 0.29) is 5.82 Å². The average molecular weight is 237 g/mol. The number of hydrogen-bond acceptors (Lipinski definition) is 2.